The summed E-state index contributed by atoms with van der Waals surface area (Å²) in [4.78, 5) is 19.8. The average Bonchev–Trinajstić information content (AvgIpc) is 3.45. The van der Waals surface area contributed by atoms with Gasteiger partial charge in [-0.1, -0.05) is 86.7 Å². The van der Waals surface area contributed by atoms with Gasteiger partial charge in [-0.05, 0) is 74.7 Å². The molecule has 4 nitrogen and oxygen atoms in total. The first-order valence-corrected chi connectivity index (χ1v) is 14.5. The predicted molar refractivity (Wildman–Crippen MR) is 170 cm³/mol. The van der Waals surface area contributed by atoms with Gasteiger partial charge in [0.25, 0.3) is 0 Å². The fraction of sp³-hybridized carbons (Fsp3) is 0.184. The van der Waals surface area contributed by atoms with Crippen molar-refractivity contribution in [3.8, 4) is 6.07 Å². The largest absolute Gasteiger partial charge is 0.363 e. The van der Waals surface area contributed by atoms with Gasteiger partial charge in [0, 0.05) is 42.3 Å². The maximum atomic E-state index is 13.3. The van der Waals surface area contributed by atoms with E-state index < -0.39 is 0 Å². The molecule has 1 aromatic heterocycles. The number of ketones is 1. The average molecular weight is 546 g/mol. The van der Waals surface area contributed by atoms with Crippen molar-refractivity contribution in [3.63, 3.8) is 0 Å². The van der Waals surface area contributed by atoms with E-state index in [1.54, 1.807) is 6.20 Å². The smallest absolute Gasteiger partial charge is 0.168 e. The van der Waals surface area contributed by atoms with E-state index in [0.29, 0.717) is 12.0 Å². The maximum Gasteiger partial charge on any atom is 0.168 e. The Bertz CT molecular complexity index is 1980. The molecule has 3 aliphatic rings. The molecule has 0 atom stereocenters. The molecule has 0 fully saturated rings. The van der Waals surface area contributed by atoms with Crippen LogP contribution in [0.15, 0.2) is 109 Å². The summed E-state index contributed by atoms with van der Waals surface area (Å²) in [6.07, 6.45) is 7.62. The van der Waals surface area contributed by atoms with E-state index in [4.69, 9.17) is 5.26 Å². The summed E-state index contributed by atoms with van der Waals surface area (Å²) >= 11 is 0. The molecule has 1 aliphatic heterocycles. The minimum absolute atomic E-state index is 0.0566. The lowest BCUT2D eigenvalue weighted by Crippen LogP contribution is -2.24. The van der Waals surface area contributed by atoms with Gasteiger partial charge in [-0.25, -0.2) is 0 Å². The quantitative estimate of drug-likeness (QED) is 0.211. The first-order valence-electron chi connectivity index (χ1n) is 14.5. The number of anilines is 1. The van der Waals surface area contributed by atoms with Gasteiger partial charge in [-0.3, -0.25) is 9.78 Å². The zero-order valence-corrected chi connectivity index (χ0v) is 23.9. The van der Waals surface area contributed by atoms with Crippen LogP contribution in [0, 0.1) is 16.7 Å². The molecule has 204 valence electrons. The fourth-order valence-electron chi connectivity index (χ4n) is 6.58. The van der Waals surface area contributed by atoms with E-state index in [2.05, 4.69) is 96.5 Å². The SMILES string of the molecule is CC1(C)CC=CC2=C1CC(=O)c1c2ccc2cc(N3Cc4ccccc4C3)ccc12.N#Cc1cnc2ccccc2c1. The predicted octanol–water partition coefficient (Wildman–Crippen LogP) is 8.79. The normalized spacial score (nSPS) is 16.4. The van der Waals surface area contributed by atoms with Crippen molar-refractivity contribution in [1.82, 2.24) is 4.98 Å². The lowest BCUT2D eigenvalue weighted by Gasteiger charge is -2.35. The summed E-state index contributed by atoms with van der Waals surface area (Å²) < 4.78 is 0. The molecule has 0 bridgehead atoms. The molecular weight excluding hydrogens is 514 g/mol. The van der Waals surface area contributed by atoms with Crippen molar-refractivity contribution >= 4 is 38.7 Å². The van der Waals surface area contributed by atoms with Crippen LogP contribution in [0.2, 0.25) is 0 Å². The fourth-order valence-corrected chi connectivity index (χ4v) is 6.58. The van der Waals surface area contributed by atoms with Crippen LogP contribution in [0.5, 0.6) is 0 Å². The van der Waals surface area contributed by atoms with Gasteiger partial charge in [0.05, 0.1) is 11.1 Å². The molecule has 0 spiro atoms. The van der Waals surface area contributed by atoms with Gasteiger partial charge in [-0.15, -0.1) is 0 Å². The number of Topliss-reactive ketones (excluding diaryl/α,β-unsaturated/α-hetero) is 1. The van der Waals surface area contributed by atoms with Crippen molar-refractivity contribution in [2.24, 2.45) is 5.41 Å². The highest BCUT2D eigenvalue weighted by molar-refractivity contribution is 6.16. The number of para-hydroxylation sites is 1. The number of nitriles is 1. The van der Waals surface area contributed by atoms with Crippen molar-refractivity contribution in [2.45, 2.75) is 39.8 Å². The number of aromatic nitrogens is 1. The van der Waals surface area contributed by atoms with Crippen LogP contribution < -0.4 is 4.90 Å². The number of carbonyl (C=O) groups excluding carboxylic acids is 1. The molecule has 0 saturated heterocycles. The molecule has 8 rings (SSSR count). The molecule has 2 heterocycles. The second kappa shape index (κ2) is 10.1. The number of fused-ring (bicyclic) bond motifs is 6. The van der Waals surface area contributed by atoms with Crippen LogP contribution >= 0.6 is 0 Å². The minimum Gasteiger partial charge on any atom is -0.363 e. The van der Waals surface area contributed by atoms with Gasteiger partial charge < -0.3 is 4.90 Å². The van der Waals surface area contributed by atoms with Gasteiger partial charge in [-0.2, -0.15) is 5.26 Å². The Balaban J connectivity index is 0.000000201. The van der Waals surface area contributed by atoms with Gasteiger partial charge in [0.15, 0.2) is 5.78 Å². The van der Waals surface area contributed by atoms with E-state index in [-0.39, 0.29) is 11.2 Å². The van der Waals surface area contributed by atoms with Crippen LogP contribution in [0.4, 0.5) is 5.69 Å². The molecule has 0 saturated carbocycles. The first-order chi connectivity index (χ1) is 20.4. The third-order valence-corrected chi connectivity index (χ3v) is 8.89. The van der Waals surface area contributed by atoms with Crippen molar-refractivity contribution in [3.05, 3.63) is 137 Å². The van der Waals surface area contributed by atoms with Crippen molar-refractivity contribution in [1.29, 1.82) is 5.26 Å². The number of hydrogen-bond acceptors (Lipinski definition) is 4. The van der Waals surface area contributed by atoms with Crippen LogP contribution in [0.3, 0.4) is 0 Å². The molecule has 0 radical (unpaired) electrons. The Morgan fingerprint density at radius 1 is 0.881 bits per heavy atom. The standard InChI is InChI=1S/C28H25NO.C10H6N2/c1-28(2)13-5-8-23-24-11-9-18-14-21(29-16-19-6-3-4-7-20(19)17-29)10-12-22(18)27(24)26(30)15-25(23)28;11-6-8-5-9-3-1-2-4-10(9)12-7-8/h3-12,14H,13,15-17H2,1-2H3;1-5,7H. The van der Waals surface area contributed by atoms with Crippen LogP contribution in [-0.4, -0.2) is 10.8 Å². The first kappa shape index (κ1) is 25.9. The Morgan fingerprint density at radius 2 is 1.64 bits per heavy atom. The molecule has 4 aromatic carbocycles. The zero-order valence-electron chi connectivity index (χ0n) is 23.9. The third kappa shape index (κ3) is 4.48. The summed E-state index contributed by atoms with van der Waals surface area (Å²) in [5.41, 5.74) is 10.2. The molecule has 2 aliphatic carbocycles. The van der Waals surface area contributed by atoms with Crippen LogP contribution in [0.25, 0.3) is 27.2 Å². The van der Waals surface area contributed by atoms with E-state index >= 15 is 0 Å². The zero-order chi connectivity index (χ0) is 28.8. The number of nitrogens with zero attached hydrogens (tertiary/aromatic N) is 3. The van der Waals surface area contributed by atoms with Crippen molar-refractivity contribution in [2.75, 3.05) is 4.90 Å². The highest BCUT2D eigenvalue weighted by Gasteiger charge is 2.35. The van der Waals surface area contributed by atoms with Crippen LogP contribution in [-0.2, 0) is 13.1 Å². The third-order valence-electron chi connectivity index (χ3n) is 8.89. The number of hydrogen-bond donors (Lipinski definition) is 0. The summed E-state index contributed by atoms with van der Waals surface area (Å²) in [6.45, 7) is 6.40. The van der Waals surface area contributed by atoms with Crippen molar-refractivity contribution < 1.29 is 4.79 Å². The van der Waals surface area contributed by atoms with E-state index in [1.165, 1.54) is 28.0 Å². The summed E-state index contributed by atoms with van der Waals surface area (Å²) in [5, 5.41) is 11.9. The molecule has 42 heavy (non-hydrogen) atoms. The molecule has 0 N–H and O–H groups in total. The monoisotopic (exact) mass is 545 g/mol. The molecular formula is C38H31N3O. The number of rotatable bonds is 1. The molecule has 4 heteroatoms. The Labute approximate surface area is 246 Å². The summed E-state index contributed by atoms with van der Waals surface area (Å²) in [7, 11) is 0. The maximum absolute atomic E-state index is 13.3. The highest BCUT2D eigenvalue weighted by Crippen LogP contribution is 2.47. The topological polar surface area (TPSA) is 57.0 Å². The lowest BCUT2D eigenvalue weighted by atomic mass is 9.68. The Kier molecular flexibility index (Phi) is 6.25. The number of allylic oxidation sites excluding steroid dienone is 4. The number of benzene rings is 4. The van der Waals surface area contributed by atoms with Gasteiger partial charge in [0.1, 0.15) is 6.07 Å². The number of pyridine rings is 1. The molecule has 0 amide bonds. The van der Waals surface area contributed by atoms with E-state index in [9.17, 15) is 4.79 Å². The van der Waals surface area contributed by atoms with E-state index in [1.807, 2.05) is 30.3 Å². The minimum atomic E-state index is 0.0566. The Hall–Kier alpha value is -5.01. The van der Waals surface area contributed by atoms with E-state index in [0.717, 1.165) is 52.3 Å². The lowest BCUT2D eigenvalue weighted by molar-refractivity contribution is 0.0985. The number of carbonyl (C=O) groups is 1. The second-order valence-electron chi connectivity index (χ2n) is 12.0. The summed E-state index contributed by atoms with van der Waals surface area (Å²) in [6, 6.07) is 31.3. The van der Waals surface area contributed by atoms with Crippen LogP contribution in [0.1, 0.15) is 59.3 Å². The van der Waals surface area contributed by atoms with Gasteiger partial charge in [0.2, 0.25) is 0 Å². The summed E-state index contributed by atoms with van der Waals surface area (Å²) in [5.74, 6) is 0.263. The molecule has 5 aromatic rings. The highest BCUT2D eigenvalue weighted by atomic mass is 16.1. The second-order valence-corrected chi connectivity index (χ2v) is 12.0. The Morgan fingerprint density at radius 3 is 2.43 bits per heavy atom. The van der Waals surface area contributed by atoms with Gasteiger partial charge >= 0.3 is 0 Å². The molecule has 0 unspecified atom stereocenters.